The highest BCUT2D eigenvalue weighted by Crippen LogP contribution is 2.34. The van der Waals surface area contributed by atoms with Crippen molar-refractivity contribution in [3.8, 4) is 0 Å². The first kappa shape index (κ1) is 15.4. The Kier molecular flexibility index (Phi) is 6.40. The molecule has 2 nitrogen and oxygen atoms in total. The predicted molar refractivity (Wildman–Crippen MR) is 76.2 cm³/mol. The quantitative estimate of drug-likeness (QED) is 0.737. The van der Waals surface area contributed by atoms with Gasteiger partial charge in [0.25, 0.3) is 0 Å². The molecule has 0 spiro atoms. The van der Waals surface area contributed by atoms with E-state index in [9.17, 15) is 5.11 Å². The van der Waals surface area contributed by atoms with E-state index in [0.29, 0.717) is 5.92 Å². The summed E-state index contributed by atoms with van der Waals surface area (Å²) in [5.41, 5.74) is 0. The van der Waals surface area contributed by atoms with Crippen LogP contribution in [0.25, 0.3) is 0 Å². The van der Waals surface area contributed by atoms with E-state index in [1.807, 2.05) is 0 Å². The Morgan fingerprint density at radius 1 is 1.35 bits per heavy atom. The second kappa shape index (κ2) is 7.07. The van der Waals surface area contributed by atoms with Gasteiger partial charge in [-0.05, 0) is 38.5 Å². The molecule has 1 rings (SSSR count). The number of unbranched alkanes of at least 4 members (excludes halogenated alkanes) is 1. The minimum absolute atomic E-state index is 0.0373. The fraction of sp³-hybridized carbons (Fsp3) is 1.00. The highest BCUT2D eigenvalue weighted by Gasteiger charge is 2.33. The van der Waals surface area contributed by atoms with Gasteiger partial charge in [0.15, 0.2) is 0 Å². The standard InChI is InChI=1S/C14H29O2P/c1-4-6-7-11-8-9-13(12(15)10-11)16-14(3,17)5-2/h11-13,15H,4-10,17H2,1-3H3. The normalized spacial score (nSPS) is 33.4. The number of ether oxygens (including phenoxy) is 1. The lowest BCUT2D eigenvalue weighted by molar-refractivity contribution is -0.112. The van der Waals surface area contributed by atoms with Crippen LogP contribution in [-0.4, -0.2) is 22.7 Å². The molecule has 0 radical (unpaired) electrons. The van der Waals surface area contributed by atoms with E-state index in [1.165, 1.54) is 25.7 Å². The SMILES string of the molecule is CCCCC1CCC(OC(C)(P)CC)C(O)C1. The smallest absolute Gasteiger partial charge is 0.0846 e. The summed E-state index contributed by atoms with van der Waals surface area (Å²) in [5.74, 6) is 0.710. The number of aliphatic hydroxyl groups excluding tert-OH is 1. The molecule has 0 aromatic carbocycles. The second-order valence-electron chi connectivity index (χ2n) is 5.71. The second-order valence-corrected chi connectivity index (χ2v) is 6.93. The van der Waals surface area contributed by atoms with Crippen molar-refractivity contribution in [1.82, 2.24) is 0 Å². The maximum atomic E-state index is 10.2. The highest BCUT2D eigenvalue weighted by molar-refractivity contribution is 7.18. The summed E-state index contributed by atoms with van der Waals surface area (Å²) >= 11 is 0. The summed E-state index contributed by atoms with van der Waals surface area (Å²) in [4.78, 5) is 0. The van der Waals surface area contributed by atoms with Crippen molar-refractivity contribution >= 4 is 9.24 Å². The third-order valence-corrected chi connectivity index (χ3v) is 4.50. The molecule has 0 heterocycles. The fourth-order valence-corrected chi connectivity index (χ4v) is 2.70. The van der Waals surface area contributed by atoms with Gasteiger partial charge in [0.2, 0.25) is 0 Å². The van der Waals surface area contributed by atoms with Gasteiger partial charge in [-0.25, -0.2) is 0 Å². The maximum absolute atomic E-state index is 10.2. The minimum atomic E-state index is -0.267. The van der Waals surface area contributed by atoms with Gasteiger partial charge in [0, 0.05) is 0 Å². The molecule has 0 saturated heterocycles. The van der Waals surface area contributed by atoms with E-state index in [1.54, 1.807) is 0 Å². The van der Waals surface area contributed by atoms with Gasteiger partial charge >= 0.3 is 0 Å². The van der Waals surface area contributed by atoms with Crippen LogP contribution in [0.4, 0.5) is 0 Å². The zero-order valence-electron chi connectivity index (χ0n) is 11.6. The summed E-state index contributed by atoms with van der Waals surface area (Å²) in [6, 6.07) is 0. The zero-order chi connectivity index (χ0) is 12.9. The lowest BCUT2D eigenvalue weighted by atomic mass is 9.82. The van der Waals surface area contributed by atoms with Crippen LogP contribution in [0.15, 0.2) is 0 Å². The Bertz CT molecular complexity index is 218. The van der Waals surface area contributed by atoms with Crippen LogP contribution in [0.1, 0.15) is 65.7 Å². The molecule has 0 bridgehead atoms. The zero-order valence-corrected chi connectivity index (χ0v) is 12.8. The van der Waals surface area contributed by atoms with E-state index in [-0.39, 0.29) is 17.6 Å². The Morgan fingerprint density at radius 2 is 2.06 bits per heavy atom. The lowest BCUT2D eigenvalue weighted by Crippen LogP contribution is -2.40. The largest absolute Gasteiger partial charge is 0.390 e. The van der Waals surface area contributed by atoms with E-state index in [2.05, 4.69) is 30.0 Å². The maximum Gasteiger partial charge on any atom is 0.0846 e. The van der Waals surface area contributed by atoms with E-state index >= 15 is 0 Å². The number of hydrogen-bond donors (Lipinski definition) is 1. The van der Waals surface area contributed by atoms with Crippen LogP contribution in [0.2, 0.25) is 0 Å². The molecule has 0 aliphatic heterocycles. The molecular formula is C14H29O2P. The van der Waals surface area contributed by atoms with Crippen LogP contribution < -0.4 is 0 Å². The molecule has 1 aliphatic rings. The molecule has 17 heavy (non-hydrogen) atoms. The molecular weight excluding hydrogens is 231 g/mol. The first-order valence-electron chi connectivity index (χ1n) is 7.13. The first-order chi connectivity index (χ1) is 7.98. The van der Waals surface area contributed by atoms with Crippen molar-refractivity contribution < 1.29 is 9.84 Å². The topological polar surface area (TPSA) is 29.5 Å². The van der Waals surface area contributed by atoms with Crippen LogP contribution in [0, 0.1) is 5.92 Å². The lowest BCUT2D eigenvalue weighted by Gasteiger charge is -2.38. The monoisotopic (exact) mass is 260 g/mol. The van der Waals surface area contributed by atoms with E-state index < -0.39 is 0 Å². The van der Waals surface area contributed by atoms with Gasteiger partial charge in [-0.2, -0.15) is 0 Å². The van der Waals surface area contributed by atoms with Crippen LogP contribution in [0.5, 0.6) is 0 Å². The number of hydrogen-bond acceptors (Lipinski definition) is 2. The van der Waals surface area contributed by atoms with Crippen LogP contribution in [-0.2, 0) is 4.74 Å². The third-order valence-electron chi connectivity index (χ3n) is 3.95. The number of aliphatic hydroxyl groups is 1. The van der Waals surface area contributed by atoms with Gasteiger partial charge in [-0.1, -0.05) is 33.1 Å². The average molecular weight is 260 g/mol. The summed E-state index contributed by atoms with van der Waals surface area (Å²) in [6.45, 7) is 6.42. The molecule has 1 aliphatic carbocycles. The summed E-state index contributed by atoms with van der Waals surface area (Å²) in [6.07, 6.45) is 7.70. The molecule has 0 amide bonds. The Balaban J connectivity index is 2.37. The highest BCUT2D eigenvalue weighted by atomic mass is 31.0. The Morgan fingerprint density at radius 3 is 2.59 bits per heavy atom. The van der Waals surface area contributed by atoms with Gasteiger partial charge in [-0.3, -0.25) is 0 Å². The van der Waals surface area contributed by atoms with Gasteiger partial charge in [0.05, 0.1) is 17.6 Å². The minimum Gasteiger partial charge on any atom is -0.390 e. The number of rotatable bonds is 6. The molecule has 1 fully saturated rings. The van der Waals surface area contributed by atoms with Crippen molar-refractivity contribution in [2.24, 2.45) is 5.92 Å². The molecule has 0 aromatic rings. The van der Waals surface area contributed by atoms with Gasteiger partial charge in [0.1, 0.15) is 0 Å². The first-order valence-corrected chi connectivity index (χ1v) is 7.71. The van der Waals surface area contributed by atoms with Crippen molar-refractivity contribution in [2.75, 3.05) is 0 Å². The van der Waals surface area contributed by atoms with Gasteiger partial charge in [-0.15, -0.1) is 9.24 Å². The Hall–Kier alpha value is 0.350. The molecule has 102 valence electrons. The van der Waals surface area contributed by atoms with Crippen molar-refractivity contribution in [3.63, 3.8) is 0 Å². The van der Waals surface area contributed by atoms with Crippen molar-refractivity contribution in [2.45, 2.75) is 83.3 Å². The summed E-state index contributed by atoms with van der Waals surface area (Å²) in [7, 11) is 2.76. The van der Waals surface area contributed by atoms with Gasteiger partial charge < -0.3 is 9.84 Å². The van der Waals surface area contributed by atoms with Crippen LogP contribution >= 0.6 is 9.24 Å². The van der Waals surface area contributed by atoms with E-state index in [4.69, 9.17) is 4.74 Å². The van der Waals surface area contributed by atoms with Crippen molar-refractivity contribution in [3.05, 3.63) is 0 Å². The van der Waals surface area contributed by atoms with Crippen LogP contribution in [0.3, 0.4) is 0 Å². The molecule has 1 saturated carbocycles. The third kappa shape index (κ3) is 5.24. The average Bonchev–Trinajstić information content (AvgIpc) is 2.29. The summed E-state index contributed by atoms with van der Waals surface area (Å²) < 4.78 is 6.01. The predicted octanol–water partition coefficient (Wildman–Crippen LogP) is 3.72. The fourth-order valence-electron chi connectivity index (χ4n) is 2.53. The summed E-state index contributed by atoms with van der Waals surface area (Å²) in [5, 5.41) is 9.98. The molecule has 5 atom stereocenters. The Labute approximate surface area is 109 Å². The molecule has 0 aromatic heterocycles. The van der Waals surface area contributed by atoms with Crippen molar-refractivity contribution in [1.29, 1.82) is 0 Å². The van der Waals surface area contributed by atoms with E-state index in [0.717, 1.165) is 19.3 Å². The molecule has 5 unspecified atom stereocenters. The molecule has 1 N–H and O–H groups in total. The molecule has 3 heteroatoms.